The van der Waals surface area contributed by atoms with Gasteiger partial charge < -0.3 is 32.0 Å². The first-order chi connectivity index (χ1) is 43.2. The number of hydrogen-bond acceptors (Lipinski definition) is 28. The molecule has 16 heterocycles. The van der Waals surface area contributed by atoms with E-state index in [-0.39, 0.29) is 147 Å². The summed E-state index contributed by atoms with van der Waals surface area (Å²) in [6, 6.07) is 2.91. The van der Waals surface area contributed by atoms with Gasteiger partial charge in [-0.05, 0) is 155 Å². The summed E-state index contributed by atoms with van der Waals surface area (Å²) >= 11 is 0. The fourth-order valence-electron chi connectivity index (χ4n) is 8.57. The minimum atomic E-state index is 0. The molecule has 35 nitrogen and oxygen atoms in total. The van der Waals surface area contributed by atoms with Crippen molar-refractivity contribution in [3.05, 3.63) is 132 Å². The van der Waals surface area contributed by atoms with E-state index in [1.807, 2.05) is 139 Å². The average molecular weight is 2500 g/mol. The van der Waals surface area contributed by atoms with Gasteiger partial charge in [-0.3, -0.25) is 29.9 Å². The molecule has 0 bridgehead atoms. The van der Waals surface area contributed by atoms with Crippen LogP contribution in [-0.2, 0) is 197 Å². The van der Waals surface area contributed by atoms with Crippen molar-refractivity contribution >= 4 is 89.3 Å². The topological polar surface area (TPSA) is 374 Å². The first-order valence-corrected chi connectivity index (χ1v) is 27.0. The van der Waals surface area contributed by atoms with Gasteiger partial charge in [0.1, 0.15) is 5.84 Å². The van der Waals surface area contributed by atoms with Crippen LogP contribution >= 0.6 is 0 Å². The zero-order valence-corrected chi connectivity index (χ0v) is 75.6. The van der Waals surface area contributed by atoms with Gasteiger partial charge in [0.15, 0.2) is 5.82 Å². The molecule has 14 aromatic rings. The molecule has 0 amide bonds. The molecule has 0 radical (unpaired) electrons. The molecule has 502 valence electrons. The molecule has 0 spiro atoms. The molecule has 0 fully saturated rings. The molecule has 0 saturated heterocycles. The van der Waals surface area contributed by atoms with Gasteiger partial charge in [-0.1, -0.05) is 94.6 Å². The second kappa shape index (κ2) is 38.9. The van der Waals surface area contributed by atoms with E-state index in [0.717, 1.165) is 89.7 Å². The summed E-state index contributed by atoms with van der Waals surface area (Å²) in [6.45, 7) is 21.6. The van der Waals surface area contributed by atoms with Crippen molar-refractivity contribution in [1.29, 1.82) is 0 Å². The molecule has 0 saturated carbocycles. The average Bonchev–Trinajstić information content (AvgIpc) is 1.67. The molecule has 0 N–H and O–H groups in total. The Labute approximate surface area is 655 Å². The van der Waals surface area contributed by atoms with E-state index in [9.17, 15) is 0 Å². The standard InChI is InChI=1S/C9H10N3.C8H9N4.3C7H7N4.C6H8N6.C6H6N5.C5H4N5.7W/c1-6-7(2)12(3)9-5-11-10-4-8(6)9;1-5-6(2)12(3)8-7(5)4-9-11-10-8;1-5-10-6-3-8-9-4-7(6)11(5)2;1-5-4-11(2)7-6(5)3-8-10-9-7;1-5-9-6-3-4-8-10-7(6)11(5)2;1-4-7-10-8-6-11(3)5(2)9-12(4)6;1-4-8-5-3-7-10-9-6(5)11(4)2;1-10-3-6-4-2-7-9-8-5(4)10;;;;;;;/h5H,1-3H3;1-3H3;3*4H,1-2H3;1H2,2-3H3;1-2H3;3H,1H3;;;;;;;/q5*-1;;2*-1;;;;;;;. The maximum atomic E-state index is 4.22. The number of fused-ring (bicyclic) bond motifs is 8. The quantitative estimate of drug-likeness (QED) is 0.195. The Morgan fingerprint density at radius 1 is 0.433 bits per heavy atom. The number of amidine groups is 1. The van der Waals surface area contributed by atoms with Crippen molar-refractivity contribution in [3.8, 4) is 0 Å². The zero-order valence-electron chi connectivity index (χ0n) is 55.1. The van der Waals surface area contributed by atoms with E-state index in [0.29, 0.717) is 28.5 Å². The summed E-state index contributed by atoms with van der Waals surface area (Å²) < 4.78 is 13.5. The molecule has 0 atom stereocenters. The number of aromatic nitrogens is 29. The van der Waals surface area contributed by atoms with E-state index in [1.54, 1.807) is 28.3 Å². The van der Waals surface area contributed by atoms with E-state index in [1.165, 1.54) is 28.7 Å². The molecule has 0 aromatic carbocycles. The molecule has 0 aliphatic carbocycles. The molecule has 2 aliphatic rings. The first kappa shape index (κ1) is 86.0. The Bertz CT molecular complexity index is 4590. The normalized spacial score (nSPS) is 11.2. The maximum absolute atomic E-state index is 4.22. The summed E-state index contributed by atoms with van der Waals surface area (Å²) in [5.74, 6) is 4.75. The Hall–Kier alpha value is -7.12. The number of aryl methyl sites for hydroxylation is 13. The van der Waals surface area contributed by atoms with Crippen molar-refractivity contribution < 1.29 is 147 Å². The fourth-order valence-corrected chi connectivity index (χ4v) is 8.57. The van der Waals surface area contributed by atoms with Gasteiger partial charge in [-0.25, -0.2) is 40.8 Å². The van der Waals surface area contributed by atoms with Crippen molar-refractivity contribution in [1.82, 2.24) is 154 Å². The molecule has 42 heteroatoms. The molecular formula is C55H58N35W7-7. The van der Waals surface area contributed by atoms with Gasteiger partial charge in [0, 0.05) is 178 Å². The number of guanidine groups is 1. The van der Waals surface area contributed by atoms with Crippen LogP contribution in [0.4, 0.5) is 0 Å². The van der Waals surface area contributed by atoms with Gasteiger partial charge in [-0.2, -0.15) is 41.7 Å². The van der Waals surface area contributed by atoms with Crippen LogP contribution in [0, 0.1) is 98.6 Å². The van der Waals surface area contributed by atoms with Gasteiger partial charge in [-0.15, -0.1) is 38.0 Å². The minimum Gasteiger partial charge on any atom is -0.409 e. The summed E-state index contributed by atoms with van der Waals surface area (Å²) in [4.78, 5) is 18.4. The molecule has 97 heavy (non-hydrogen) atoms. The van der Waals surface area contributed by atoms with E-state index >= 15 is 0 Å². The molecule has 16 rings (SSSR count). The van der Waals surface area contributed by atoms with Crippen LogP contribution in [-0.4, -0.2) is 173 Å². The number of nitrogens with zero attached hydrogens (tertiary/aromatic N) is 35. The van der Waals surface area contributed by atoms with Crippen molar-refractivity contribution in [2.24, 2.45) is 69.9 Å². The monoisotopic (exact) mass is 2500 g/mol. The van der Waals surface area contributed by atoms with E-state index < -0.39 is 0 Å². The van der Waals surface area contributed by atoms with Crippen LogP contribution < -0.4 is 0 Å². The van der Waals surface area contributed by atoms with Gasteiger partial charge in [0.05, 0.1) is 35.1 Å². The number of hydrazone groups is 1. The predicted octanol–water partition coefficient (Wildman–Crippen LogP) is 3.76. The Morgan fingerprint density at radius 3 is 1.51 bits per heavy atom. The van der Waals surface area contributed by atoms with Crippen molar-refractivity contribution in [2.75, 3.05) is 7.05 Å². The second-order valence-electron chi connectivity index (χ2n) is 19.9. The molecule has 14 aromatic heterocycles. The van der Waals surface area contributed by atoms with Gasteiger partial charge in [0.25, 0.3) is 5.96 Å². The van der Waals surface area contributed by atoms with E-state index in [2.05, 4.69) is 201 Å². The molecular weight excluding hydrogens is 2440 g/mol. The number of rotatable bonds is 0. The van der Waals surface area contributed by atoms with Crippen LogP contribution in [0.25, 0.3) is 77.5 Å². The number of hydrogen-bond donors (Lipinski definition) is 0. The minimum absolute atomic E-state index is 0. The Kier molecular flexibility index (Phi) is 34.5. The van der Waals surface area contributed by atoms with Crippen molar-refractivity contribution in [3.63, 3.8) is 0 Å². The van der Waals surface area contributed by atoms with Crippen LogP contribution in [0.2, 0.25) is 0 Å². The van der Waals surface area contributed by atoms with Crippen molar-refractivity contribution in [2.45, 2.75) is 62.3 Å². The number of imidazole rings is 4. The van der Waals surface area contributed by atoms with Crippen LogP contribution in [0.1, 0.15) is 52.5 Å². The summed E-state index contributed by atoms with van der Waals surface area (Å²) in [7, 11) is 15.4. The third kappa shape index (κ3) is 19.6. The third-order valence-corrected chi connectivity index (χ3v) is 14.5. The fraction of sp³-hybridized carbons (Fsp3) is 0.309. The van der Waals surface area contributed by atoms with Crippen LogP contribution in [0.5, 0.6) is 0 Å². The summed E-state index contributed by atoms with van der Waals surface area (Å²) in [6.07, 6.45) is 25.1. The van der Waals surface area contributed by atoms with Crippen LogP contribution in [0.3, 0.4) is 0 Å². The Balaban J connectivity index is 0.000000374. The predicted molar refractivity (Wildman–Crippen MR) is 326 cm³/mol. The molecule has 2 aliphatic heterocycles. The zero-order chi connectivity index (χ0) is 64.5. The smallest absolute Gasteiger partial charge is 0.255 e. The van der Waals surface area contributed by atoms with Crippen LogP contribution in [0.15, 0.2) is 64.1 Å². The summed E-state index contributed by atoms with van der Waals surface area (Å²) in [5, 5.41) is 85.8. The van der Waals surface area contributed by atoms with Gasteiger partial charge in [0.2, 0.25) is 0 Å². The Morgan fingerprint density at radius 2 is 0.928 bits per heavy atom. The summed E-state index contributed by atoms with van der Waals surface area (Å²) in [5.41, 5.74) is 14.8. The largest absolute Gasteiger partial charge is 0.409 e. The first-order valence-electron chi connectivity index (χ1n) is 27.0. The second-order valence-corrected chi connectivity index (χ2v) is 19.9. The SMILES string of the molecule is C=C1N=NN=C2N(C)C(C)=NN12.Cc1c(C)n(C)c2cnn[c-]c12.Cc1c(C)n(C)c2nnn[c-]c12.Cc1cn(C)c2nnn[c-]c12.Cc1nc2[c-]cnnc2n1C.Cc1nc2[c-]nncc2n1C.Cc1nc2[c-]nnnc2n1C.Cn1cnc2[c-]nnnc21.[W].[W].[W].[W].[W].[W].[W]. The third-order valence-electron chi connectivity index (χ3n) is 14.5. The van der Waals surface area contributed by atoms with E-state index in [4.69, 9.17) is 0 Å². The van der Waals surface area contributed by atoms with Gasteiger partial charge >= 0.3 is 0 Å². The maximum Gasteiger partial charge on any atom is 0.255 e. The molecule has 0 unspecified atom stereocenters.